The summed E-state index contributed by atoms with van der Waals surface area (Å²) in [7, 11) is 0. The highest BCUT2D eigenvalue weighted by atomic mass is 16.7. The van der Waals surface area contributed by atoms with E-state index in [-0.39, 0.29) is 82.6 Å². The second kappa shape index (κ2) is 76.4. The molecule has 0 radical (unpaired) electrons. The molecule has 11 fully saturated rings. The Bertz CT molecular complexity index is 2930. The van der Waals surface area contributed by atoms with E-state index in [9.17, 15) is 0 Å². The van der Waals surface area contributed by atoms with Gasteiger partial charge in [-0.05, 0) is 385 Å². The van der Waals surface area contributed by atoms with Gasteiger partial charge in [-0.15, -0.1) is 0 Å². The lowest BCUT2D eigenvalue weighted by atomic mass is 9.51. The van der Waals surface area contributed by atoms with Gasteiger partial charge in [-0.3, -0.25) is 0 Å². The number of benzene rings is 2. The van der Waals surface area contributed by atoms with E-state index in [1.165, 1.54) is 204 Å². The molecule has 14 nitrogen and oxygen atoms in total. The summed E-state index contributed by atoms with van der Waals surface area (Å²) in [6.45, 7) is 66.4. The normalized spacial score (nSPS) is 28.1. The van der Waals surface area contributed by atoms with E-state index in [2.05, 4.69) is 132 Å². The Hall–Kier alpha value is -2.12. The molecule has 11 aliphatic rings. The third-order valence-corrected chi connectivity index (χ3v) is 34.4. The molecule has 0 aromatic heterocycles. The van der Waals surface area contributed by atoms with Crippen LogP contribution in [0.3, 0.4) is 0 Å². The largest absolute Gasteiger partial charge is 0.376 e. The zero-order valence-electron chi connectivity index (χ0n) is 95.3. The molecule has 3 unspecified atom stereocenters. The van der Waals surface area contributed by atoms with E-state index in [1.54, 1.807) is 101 Å². The third kappa shape index (κ3) is 43.8. The smallest absolute Gasteiger partial charge is 0.186 e. The minimum absolute atomic E-state index is 0. The average Bonchev–Trinajstić information content (AvgIpc) is 0.745. The first-order valence-electron chi connectivity index (χ1n) is 59.5. The fraction of sp³-hybridized carbons (Fsp3) is 0.904. The molecule has 8 saturated carbocycles. The average molecular weight is 1960 g/mol. The molecular weight excluding hydrogens is 1730 g/mol. The predicted molar refractivity (Wildman–Crippen MR) is 594 cm³/mol. The molecule has 3 aliphatic heterocycles. The van der Waals surface area contributed by atoms with Gasteiger partial charge in [0, 0.05) is 79.1 Å². The van der Waals surface area contributed by atoms with Crippen molar-refractivity contribution < 1.29 is 66.3 Å². The van der Waals surface area contributed by atoms with Gasteiger partial charge in [-0.1, -0.05) is 251 Å². The Morgan fingerprint density at radius 2 is 0.561 bits per heavy atom. The highest BCUT2D eigenvalue weighted by molar-refractivity contribution is 5.32. The Morgan fingerprint density at radius 3 is 0.863 bits per heavy atom. The third-order valence-electron chi connectivity index (χ3n) is 34.4. The van der Waals surface area contributed by atoms with E-state index < -0.39 is 0 Å². The standard InChI is InChI=1S/C24H46.C20H38.C20H32.C18H26.2C13H26O5.C11H22O4.2C2H6.2CH4/c1-5-13-23(14-6-2)17-9-21(10-18-23)22-11-19-24(15-7-3,16-8-4)20-12-22;2*1-4-13-20(14-5-2)15-11-19(12-16-20)18-9-7-17(6-3)8-10-18;1-3-15-5-7-16(8-6-15)18-12-9-17(4-2,10-13-18)11-14-18;2*1-5-14-10-9-18-13(17-8-4)12(16-7-3)11(10)15-6-2;1-4-12-9-7-11(14-6-3)15-8-10(9)13-5-2;2*1-2;;/h21-22H,5-20H2,1-4H3;17-19H,4-16H2,1-3H3;7-10,19H,4-6,11-16H2,1-3H3;5-8H,3-4,9-14H2,1-2H3;2*10-13H,5-9H2,1-4H3;9-11H,4-8H2,1-3H3;2*1-2H3;2*1H4/t;;;;10-,11+,12-,13?;10-,11-,12+,13?;9-,10+,11?;;;;/m....110..../s1. The number of fused-ring (bicyclic) bond motifs is 3. The van der Waals surface area contributed by atoms with Crippen LogP contribution in [0.15, 0.2) is 48.5 Å². The van der Waals surface area contributed by atoms with Crippen LogP contribution in [0.25, 0.3) is 0 Å². The highest BCUT2D eigenvalue weighted by Crippen LogP contribution is 2.60. The van der Waals surface area contributed by atoms with Crippen LogP contribution >= 0.6 is 0 Å². The van der Waals surface area contributed by atoms with Crippen LogP contribution in [0.4, 0.5) is 0 Å². The van der Waals surface area contributed by atoms with Gasteiger partial charge in [0.2, 0.25) is 0 Å². The van der Waals surface area contributed by atoms with Crippen LogP contribution in [0.1, 0.15) is 519 Å². The summed E-state index contributed by atoms with van der Waals surface area (Å²) in [5, 5.41) is 0. The Morgan fingerprint density at radius 1 is 0.273 bits per heavy atom. The van der Waals surface area contributed by atoms with Crippen molar-refractivity contribution in [2.24, 2.45) is 56.7 Å². The van der Waals surface area contributed by atoms with Gasteiger partial charge in [0.1, 0.15) is 42.7 Å². The monoisotopic (exact) mass is 1960 g/mol. The maximum atomic E-state index is 5.78. The van der Waals surface area contributed by atoms with E-state index >= 15 is 0 Å². The van der Waals surface area contributed by atoms with E-state index in [0.717, 1.165) is 76.4 Å². The molecule has 3 heterocycles. The van der Waals surface area contributed by atoms with Gasteiger partial charge in [0.05, 0.1) is 25.9 Å². The van der Waals surface area contributed by atoms with Crippen molar-refractivity contribution in [1.82, 2.24) is 0 Å². The first-order chi connectivity index (χ1) is 66.7. The molecule has 0 N–H and O–H groups in total. The quantitative estimate of drug-likeness (QED) is 0.0623. The Kier molecular flexibility index (Phi) is 73.1. The topological polar surface area (TPSA) is 129 Å². The van der Waals surface area contributed by atoms with Crippen LogP contribution in [0.5, 0.6) is 0 Å². The SMILES string of the molecule is C.C.CC.CC.CCCC1(CCC)CCC(C2CCC(CC)CC2)CC1.CCCC1(CCC)CCC(C2CCC(CCC)(CCC)CC2)CC1.CCCC1(CCC)CCC(c2ccc(CC)cc2)CC1.CCOC1C[C@H](OCC)[C@H](OCC)CO1.CCOC1OC[C@@H](OCC)[C@@H](OCC)[C@@H]1OCC.CCOC1OC[C@@H](OCC)[C@H](OCC)[C@H]1OCC.CCc1ccc(C23CCC(CC)(CC2)CC3)cc1. The number of rotatable bonds is 46. The zero-order valence-corrected chi connectivity index (χ0v) is 95.3. The molecule has 0 spiro atoms. The molecule has 820 valence electrons. The van der Waals surface area contributed by atoms with E-state index in [1.807, 2.05) is 104 Å². The molecule has 13 rings (SSSR count). The zero-order chi connectivity index (χ0) is 101. The van der Waals surface area contributed by atoms with Crippen LogP contribution < -0.4 is 0 Å². The molecule has 2 bridgehead atoms. The second-order valence-electron chi connectivity index (χ2n) is 42.7. The van der Waals surface area contributed by atoms with Crippen LogP contribution in [0.2, 0.25) is 0 Å². The minimum Gasteiger partial charge on any atom is -0.376 e. The molecule has 139 heavy (non-hydrogen) atoms. The molecule has 3 saturated heterocycles. The van der Waals surface area contributed by atoms with Crippen LogP contribution in [0, 0.1) is 56.7 Å². The van der Waals surface area contributed by atoms with Gasteiger partial charge in [0.15, 0.2) is 18.9 Å². The molecule has 11 atom stereocenters. The van der Waals surface area contributed by atoms with Crippen molar-refractivity contribution >= 4 is 0 Å². The summed E-state index contributed by atoms with van der Waals surface area (Å²) in [6.07, 6.45) is 66.4. The molecule has 8 aliphatic carbocycles. The highest BCUT2D eigenvalue weighted by Gasteiger charge is 2.50. The first-order valence-corrected chi connectivity index (χ1v) is 59.5. The van der Waals surface area contributed by atoms with Crippen molar-refractivity contribution in [3.63, 3.8) is 0 Å². The molecule has 0 amide bonds. The maximum absolute atomic E-state index is 5.78. The van der Waals surface area contributed by atoms with Crippen molar-refractivity contribution in [2.45, 2.75) is 583 Å². The lowest BCUT2D eigenvalue weighted by molar-refractivity contribution is -0.291. The van der Waals surface area contributed by atoms with Crippen LogP contribution in [-0.2, 0) is 84.6 Å². The first kappa shape index (κ1) is 133. The second-order valence-corrected chi connectivity index (χ2v) is 42.7. The molecule has 2 aromatic carbocycles. The van der Waals surface area contributed by atoms with E-state index in [0.29, 0.717) is 103 Å². The summed E-state index contributed by atoms with van der Waals surface area (Å²) >= 11 is 0. The van der Waals surface area contributed by atoms with Gasteiger partial charge in [-0.25, -0.2) is 0 Å². The van der Waals surface area contributed by atoms with Gasteiger partial charge >= 0.3 is 0 Å². The lowest BCUT2D eigenvalue weighted by Crippen LogP contribution is -2.57. The lowest BCUT2D eigenvalue weighted by Gasteiger charge is -2.54. The van der Waals surface area contributed by atoms with Crippen LogP contribution in [-0.4, -0.2) is 160 Å². The van der Waals surface area contributed by atoms with Crippen molar-refractivity contribution in [3.05, 3.63) is 70.8 Å². The summed E-state index contributed by atoms with van der Waals surface area (Å²) in [5.74, 6) is 6.23. The summed E-state index contributed by atoms with van der Waals surface area (Å²) in [6, 6.07) is 19.0. The molecule has 2 aromatic rings. The minimum atomic E-state index is -0.372. The fourth-order valence-corrected chi connectivity index (χ4v) is 27.0. The Balaban J connectivity index is 0.000000545. The van der Waals surface area contributed by atoms with Crippen molar-refractivity contribution in [3.8, 4) is 0 Å². The van der Waals surface area contributed by atoms with Gasteiger partial charge in [0.25, 0.3) is 0 Å². The summed E-state index contributed by atoms with van der Waals surface area (Å²) < 4.78 is 79.0. The number of hydrogen-bond donors (Lipinski definition) is 0. The molecule has 14 heteroatoms. The van der Waals surface area contributed by atoms with E-state index in [4.69, 9.17) is 66.3 Å². The van der Waals surface area contributed by atoms with Crippen molar-refractivity contribution in [2.75, 3.05) is 92.5 Å². The summed E-state index contributed by atoms with van der Waals surface area (Å²) in [5.41, 5.74) is 10.3. The number of ether oxygens (including phenoxy) is 14. The van der Waals surface area contributed by atoms with Gasteiger partial charge in [-0.2, -0.15) is 0 Å². The fourth-order valence-electron chi connectivity index (χ4n) is 27.0. The van der Waals surface area contributed by atoms with Crippen molar-refractivity contribution in [1.29, 1.82) is 0 Å². The van der Waals surface area contributed by atoms with Gasteiger partial charge < -0.3 is 66.3 Å². The molecular formula is C125H236O14. The predicted octanol–water partition coefficient (Wildman–Crippen LogP) is 35.4. The number of hydrogen-bond acceptors (Lipinski definition) is 14. The summed E-state index contributed by atoms with van der Waals surface area (Å²) in [4.78, 5) is 0. The number of aryl methyl sites for hydroxylation is 2. The Labute approximate surface area is 863 Å². The maximum Gasteiger partial charge on any atom is 0.186 e.